The molecule has 1 atom stereocenters. The average Bonchev–Trinajstić information content (AvgIpc) is 3.53. The van der Waals surface area contributed by atoms with E-state index in [2.05, 4.69) is 25.2 Å². The molecule has 12 heteroatoms. The molecule has 0 radical (unpaired) electrons. The second kappa shape index (κ2) is 11.7. The second-order valence-electron chi connectivity index (χ2n) is 11.7. The molecule has 0 spiro atoms. The van der Waals surface area contributed by atoms with Crippen molar-refractivity contribution in [3.63, 3.8) is 0 Å². The van der Waals surface area contributed by atoms with Crippen molar-refractivity contribution < 1.29 is 19.4 Å². The summed E-state index contributed by atoms with van der Waals surface area (Å²) in [5.74, 6) is 0.286. The van der Waals surface area contributed by atoms with Crippen LogP contribution in [0.1, 0.15) is 50.2 Å². The van der Waals surface area contributed by atoms with Crippen LogP contribution in [0, 0.1) is 20.8 Å². The maximum atomic E-state index is 13.5. The van der Waals surface area contributed by atoms with Crippen LogP contribution < -0.4 is 15.6 Å². The summed E-state index contributed by atoms with van der Waals surface area (Å²) in [5.41, 5.74) is 4.44. The number of hydrogen-bond acceptors (Lipinski definition) is 8. The fourth-order valence-corrected chi connectivity index (χ4v) is 6.25. The number of amides is 2. The highest BCUT2D eigenvalue weighted by molar-refractivity contribution is 6.32. The lowest BCUT2D eigenvalue weighted by atomic mass is 10.0. The minimum absolute atomic E-state index is 0.0117. The monoisotopic (exact) mass is 618 g/mol. The molecule has 2 aliphatic rings. The Labute approximate surface area is 259 Å². The molecule has 2 aromatic carbocycles. The first-order chi connectivity index (χ1) is 21.0. The van der Waals surface area contributed by atoms with Crippen LogP contribution in [0.3, 0.4) is 0 Å². The zero-order valence-corrected chi connectivity index (χ0v) is 25.8. The molecule has 230 valence electrons. The van der Waals surface area contributed by atoms with E-state index in [9.17, 15) is 19.5 Å². The second-order valence-corrected chi connectivity index (χ2v) is 12.1. The number of piperidine rings is 1. The number of aliphatic hydroxyl groups excluding tert-OH is 1. The van der Waals surface area contributed by atoms with Gasteiger partial charge in [-0.15, -0.1) is 0 Å². The SMILES string of the molecule is Cc1ccc(OCC(O)CNc2cc[nH]c(=O)c2-c2nc3cc4c(c(C)c3[nH]2)C(=O)N(C2CCN(C)CC2)C4=O)c(C)c1Cl. The molecule has 4 N–H and O–H groups in total. The number of imidazole rings is 1. The first-order valence-electron chi connectivity index (χ1n) is 14.7. The number of aryl methyl sites for hydroxylation is 2. The van der Waals surface area contributed by atoms with E-state index in [0.717, 1.165) is 37.1 Å². The number of benzene rings is 2. The quantitative estimate of drug-likeness (QED) is 0.217. The first kappa shape index (κ1) is 29.9. The van der Waals surface area contributed by atoms with E-state index in [4.69, 9.17) is 16.3 Å². The van der Waals surface area contributed by atoms with Gasteiger partial charge in [0.15, 0.2) is 0 Å². The van der Waals surface area contributed by atoms with Gasteiger partial charge in [0.2, 0.25) is 0 Å². The third-order valence-corrected chi connectivity index (χ3v) is 9.24. The summed E-state index contributed by atoms with van der Waals surface area (Å²) < 4.78 is 5.80. The fourth-order valence-electron chi connectivity index (χ4n) is 6.10. The largest absolute Gasteiger partial charge is 0.490 e. The maximum absolute atomic E-state index is 13.5. The minimum atomic E-state index is -0.896. The lowest BCUT2D eigenvalue weighted by Crippen LogP contribution is -2.46. The first-order valence-corrected chi connectivity index (χ1v) is 15.0. The number of nitrogens with one attached hydrogen (secondary N) is 3. The van der Waals surface area contributed by atoms with E-state index in [0.29, 0.717) is 44.2 Å². The summed E-state index contributed by atoms with van der Waals surface area (Å²) >= 11 is 6.32. The smallest absolute Gasteiger partial charge is 0.262 e. The molecule has 0 saturated carbocycles. The van der Waals surface area contributed by atoms with Crippen molar-refractivity contribution in [3.05, 3.63) is 73.7 Å². The summed E-state index contributed by atoms with van der Waals surface area (Å²) in [6, 6.07) is 6.87. The van der Waals surface area contributed by atoms with Crippen LogP contribution in [0.5, 0.6) is 5.75 Å². The van der Waals surface area contributed by atoms with Gasteiger partial charge in [0, 0.05) is 24.3 Å². The van der Waals surface area contributed by atoms with Crippen LogP contribution in [0.15, 0.2) is 35.3 Å². The Morgan fingerprint density at radius 3 is 2.59 bits per heavy atom. The Balaban J connectivity index is 1.23. The number of ether oxygens (including phenoxy) is 1. The summed E-state index contributed by atoms with van der Waals surface area (Å²) in [6.07, 6.45) is 2.10. The molecule has 4 aromatic rings. The number of H-pyrrole nitrogens is 2. The number of imide groups is 1. The molecule has 11 nitrogen and oxygen atoms in total. The van der Waals surface area contributed by atoms with Crippen molar-refractivity contribution in [3.8, 4) is 17.1 Å². The summed E-state index contributed by atoms with van der Waals surface area (Å²) in [5, 5.41) is 14.4. The number of hydrogen-bond donors (Lipinski definition) is 4. The summed E-state index contributed by atoms with van der Waals surface area (Å²) in [6.45, 7) is 7.33. The predicted octanol–water partition coefficient (Wildman–Crippen LogP) is 4.04. The standard InChI is InChI=1S/C32H35ClN6O5/c1-16-5-6-24(17(2)27(16)33)44-15-20(40)14-35-22-7-10-34-30(41)26(22)29-36-23-13-21-25(18(3)28(23)37-29)32(43)39(31(21)42)19-8-11-38(4)12-9-19/h5-7,10,13,19-20,40H,8-9,11-12,14-15H2,1-4H3,(H,36,37)(H2,34,35,41). The molecular weight excluding hydrogens is 584 g/mol. The highest BCUT2D eigenvalue weighted by Gasteiger charge is 2.42. The Morgan fingerprint density at radius 2 is 1.84 bits per heavy atom. The number of pyridine rings is 1. The number of carbonyl (C=O) groups excluding carboxylic acids is 2. The van der Waals surface area contributed by atoms with E-state index in [-0.39, 0.29) is 42.4 Å². The van der Waals surface area contributed by atoms with E-state index in [1.54, 1.807) is 19.1 Å². The Kier molecular flexibility index (Phi) is 7.95. The van der Waals surface area contributed by atoms with Crippen molar-refractivity contribution in [1.82, 2.24) is 24.8 Å². The number of carbonyl (C=O) groups is 2. The number of nitrogens with zero attached hydrogens (tertiary/aromatic N) is 3. The van der Waals surface area contributed by atoms with Crippen LogP contribution >= 0.6 is 11.6 Å². The lowest BCUT2D eigenvalue weighted by Gasteiger charge is -2.33. The average molecular weight is 619 g/mol. The lowest BCUT2D eigenvalue weighted by molar-refractivity contribution is 0.0516. The zero-order chi connectivity index (χ0) is 31.3. The molecule has 2 aromatic heterocycles. The Hall–Kier alpha value is -4.19. The van der Waals surface area contributed by atoms with E-state index in [1.165, 1.54) is 11.1 Å². The van der Waals surface area contributed by atoms with Crippen LogP contribution in [-0.4, -0.2) is 87.1 Å². The topological polar surface area (TPSA) is 144 Å². The van der Waals surface area contributed by atoms with Crippen LogP contribution in [0.4, 0.5) is 5.69 Å². The third kappa shape index (κ3) is 5.25. The van der Waals surface area contributed by atoms with E-state index < -0.39 is 11.7 Å². The van der Waals surface area contributed by atoms with Crippen LogP contribution in [0.25, 0.3) is 22.4 Å². The van der Waals surface area contributed by atoms with Gasteiger partial charge in [0.1, 0.15) is 29.8 Å². The number of rotatable bonds is 8. The number of aliphatic hydroxyl groups is 1. The highest BCUT2D eigenvalue weighted by atomic mass is 35.5. The van der Waals surface area contributed by atoms with Crippen molar-refractivity contribution in [2.75, 3.05) is 38.6 Å². The van der Waals surface area contributed by atoms with Crippen molar-refractivity contribution in [2.45, 2.75) is 45.8 Å². The fraction of sp³-hybridized carbons (Fsp3) is 0.375. The molecule has 4 heterocycles. The molecule has 1 unspecified atom stereocenters. The molecule has 0 aliphatic carbocycles. The summed E-state index contributed by atoms with van der Waals surface area (Å²) in [4.78, 5) is 54.2. The molecule has 1 saturated heterocycles. The van der Waals surface area contributed by atoms with E-state index >= 15 is 0 Å². The third-order valence-electron chi connectivity index (χ3n) is 8.65. The van der Waals surface area contributed by atoms with Crippen molar-refractivity contribution in [1.29, 1.82) is 0 Å². The number of anilines is 1. The normalized spacial score (nSPS) is 16.5. The number of halogens is 1. The maximum Gasteiger partial charge on any atom is 0.262 e. The molecule has 2 aliphatic heterocycles. The Bertz CT molecular complexity index is 1840. The molecule has 0 bridgehead atoms. The van der Waals surface area contributed by atoms with Crippen molar-refractivity contribution >= 4 is 40.1 Å². The van der Waals surface area contributed by atoms with E-state index in [1.807, 2.05) is 33.0 Å². The number of aromatic nitrogens is 3. The van der Waals surface area contributed by atoms with Gasteiger partial charge in [-0.2, -0.15) is 0 Å². The van der Waals surface area contributed by atoms with Gasteiger partial charge >= 0.3 is 0 Å². The summed E-state index contributed by atoms with van der Waals surface area (Å²) in [7, 11) is 2.04. The Morgan fingerprint density at radius 1 is 1.09 bits per heavy atom. The van der Waals surface area contributed by atoms with Gasteiger partial charge in [0.05, 0.1) is 32.9 Å². The van der Waals surface area contributed by atoms with Crippen molar-refractivity contribution in [2.24, 2.45) is 0 Å². The number of aromatic amines is 2. The zero-order valence-electron chi connectivity index (χ0n) is 25.1. The molecule has 1 fully saturated rings. The molecule has 2 amide bonds. The van der Waals surface area contributed by atoms with Gasteiger partial charge in [-0.05, 0) is 83.1 Å². The van der Waals surface area contributed by atoms with Crippen LogP contribution in [0.2, 0.25) is 5.02 Å². The van der Waals surface area contributed by atoms with Gasteiger partial charge in [-0.1, -0.05) is 17.7 Å². The van der Waals surface area contributed by atoms with Gasteiger partial charge in [-0.3, -0.25) is 19.3 Å². The predicted molar refractivity (Wildman–Crippen MR) is 169 cm³/mol. The van der Waals surface area contributed by atoms with Gasteiger partial charge in [0.25, 0.3) is 17.4 Å². The number of fused-ring (bicyclic) bond motifs is 2. The highest BCUT2D eigenvalue weighted by Crippen LogP contribution is 2.35. The van der Waals surface area contributed by atoms with Gasteiger partial charge in [-0.25, -0.2) is 4.98 Å². The molecular formula is C32H35ClN6O5. The molecule has 6 rings (SSSR count). The molecule has 44 heavy (non-hydrogen) atoms. The minimum Gasteiger partial charge on any atom is -0.490 e. The van der Waals surface area contributed by atoms with Gasteiger partial charge < -0.3 is 30.0 Å². The van der Waals surface area contributed by atoms with Crippen LogP contribution in [-0.2, 0) is 0 Å². The number of likely N-dealkylation sites (tertiary alicyclic amines) is 1.